The minimum atomic E-state index is 0.411. The van der Waals surface area contributed by atoms with E-state index >= 15 is 0 Å². The SMILES string of the molecule is [C-]#[N+]c1cnc(Nc2ccc(N3CCN(C)CC3)cc2)nc1NC. The fourth-order valence-corrected chi connectivity index (χ4v) is 2.65. The van der Waals surface area contributed by atoms with Crippen LogP contribution in [0.25, 0.3) is 4.85 Å². The third kappa shape index (κ3) is 3.55. The highest BCUT2D eigenvalue weighted by atomic mass is 15.2. The Morgan fingerprint density at radius 1 is 1.12 bits per heavy atom. The average molecular weight is 323 g/mol. The zero-order valence-corrected chi connectivity index (χ0v) is 14.0. The van der Waals surface area contributed by atoms with Crippen LogP contribution in [0.4, 0.5) is 28.8 Å². The first-order valence-electron chi connectivity index (χ1n) is 7.92. The lowest BCUT2D eigenvalue weighted by Gasteiger charge is -2.34. The average Bonchev–Trinajstić information content (AvgIpc) is 2.63. The Balaban J connectivity index is 1.69. The summed E-state index contributed by atoms with van der Waals surface area (Å²) in [7, 11) is 3.90. The number of piperazine rings is 1. The minimum absolute atomic E-state index is 0.411. The number of rotatable bonds is 4. The van der Waals surface area contributed by atoms with Crippen LogP contribution >= 0.6 is 0 Å². The molecule has 7 nitrogen and oxygen atoms in total. The molecular formula is C17H21N7. The van der Waals surface area contributed by atoms with Crippen molar-refractivity contribution >= 4 is 28.8 Å². The van der Waals surface area contributed by atoms with E-state index < -0.39 is 0 Å². The summed E-state index contributed by atoms with van der Waals surface area (Å²) in [5, 5.41) is 6.09. The Hall–Kier alpha value is -2.85. The van der Waals surface area contributed by atoms with Crippen molar-refractivity contribution in [3.05, 3.63) is 41.9 Å². The molecule has 0 spiro atoms. The maximum absolute atomic E-state index is 7.09. The van der Waals surface area contributed by atoms with Gasteiger partial charge in [-0.15, -0.1) is 0 Å². The van der Waals surface area contributed by atoms with E-state index in [-0.39, 0.29) is 0 Å². The maximum Gasteiger partial charge on any atom is 0.246 e. The lowest BCUT2D eigenvalue weighted by atomic mass is 10.2. The number of anilines is 4. The van der Waals surface area contributed by atoms with Gasteiger partial charge in [0.15, 0.2) is 0 Å². The molecule has 1 saturated heterocycles. The van der Waals surface area contributed by atoms with E-state index in [0.29, 0.717) is 17.5 Å². The van der Waals surface area contributed by atoms with Crippen molar-refractivity contribution in [1.82, 2.24) is 14.9 Å². The van der Waals surface area contributed by atoms with Gasteiger partial charge in [-0.1, -0.05) is 0 Å². The molecule has 1 fully saturated rings. The van der Waals surface area contributed by atoms with Crippen molar-refractivity contribution in [2.45, 2.75) is 0 Å². The van der Waals surface area contributed by atoms with Crippen LogP contribution < -0.4 is 15.5 Å². The molecule has 2 aromatic rings. The third-order valence-electron chi connectivity index (χ3n) is 4.12. The first-order chi connectivity index (χ1) is 11.7. The first kappa shape index (κ1) is 16.0. The predicted octanol–water partition coefficient (Wildman–Crippen LogP) is 2.56. The number of aromatic nitrogens is 2. The Morgan fingerprint density at radius 3 is 2.46 bits per heavy atom. The standard InChI is InChI=1S/C17H21N7/c1-18-15-12-20-17(22-16(15)19-2)21-13-4-6-14(7-5-13)24-10-8-23(3)9-11-24/h4-7,12H,8-11H2,2-3H3,(H2,19,20,21,22). The minimum Gasteiger partial charge on any atom is -0.382 e. The molecular weight excluding hydrogens is 302 g/mol. The van der Waals surface area contributed by atoms with Crippen molar-refractivity contribution in [3.8, 4) is 0 Å². The molecule has 1 aliphatic heterocycles. The van der Waals surface area contributed by atoms with Crippen LogP contribution in [0.3, 0.4) is 0 Å². The van der Waals surface area contributed by atoms with Crippen molar-refractivity contribution in [2.75, 3.05) is 55.8 Å². The molecule has 0 bridgehead atoms. The molecule has 1 aromatic carbocycles. The summed E-state index contributed by atoms with van der Waals surface area (Å²) in [6.45, 7) is 11.4. The highest BCUT2D eigenvalue weighted by molar-refractivity contribution is 5.67. The molecule has 7 heteroatoms. The Morgan fingerprint density at radius 2 is 1.83 bits per heavy atom. The topological polar surface area (TPSA) is 60.7 Å². The summed E-state index contributed by atoms with van der Waals surface area (Å²) in [5.41, 5.74) is 2.56. The maximum atomic E-state index is 7.09. The first-order valence-corrected chi connectivity index (χ1v) is 7.92. The summed E-state index contributed by atoms with van der Waals surface area (Å²) < 4.78 is 0. The Kier molecular flexibility index (Phi) is 4.77. The number of hydrogen-bond acceptors (Lipinski definition) is 6. The molecule has 124 valence electrons. The van der Waals surface area contributed by atoms with Gasteiger partial charge in [-0.25, -0.2) is 14.8 Å². The van der Waals surface area contributed by atoms with Crippen molar-refractivity contribution in [1.29, 1.82) is 0 Å². The van der Waals surface area contributed by atoms with Crippen LogP contribution in [0, 0.1) is 6.57 Å². The van der Waals surface area contributed by atoms with E-state index in [1.807, 2.05) is 12.1 Å². The molecule has 2 N–H and O–H groups in total. The molecule has 1 aromatic heterocycles. The van der Waals surface area contributed by atoms with E-state index in [0.717, 1.165) is 31.9 Å². The zero-order valence-electron chi connectivity index (χ0n) is 14.0. The summed E-state index contributed by atoms with van der Waals surface area (Å²) in [6.07, 6.45) is 1.52. The molecule has 0 saturated carbocycles. The van der Waals surface area contributed by atoms with Gasteiger partial charge in [0.05, 0.1) is 6.57 Å². The lowest BCUT2D eigenvalue weighted by Crippen LogP contribution is -2.44. The molecule has 0 aliphatic carbocycles. The summed E-state index contributed by atoms with van der Waals surface area (Å²) >= 11 is 0. The number of nitrogens with one attached hydrogen (secondary N) is 2. The van der Waals surface area contributed by atoms with E-state index in [4.69, 9.17) is 6.57 Å². The van der Waals surface area contributed by atoms with Crippen LogP contribution in [0.2, 0.25) is 0 Å². The summed E-state index contributed by atoms with van der Waals surface area (Å²) in [6, 6.07) is 8.28. The summed E-state index contributed by atoms with van der Waals surface area (Å²) in [4.78, 5) is 16.6. The zero-order chi connectivity index (χ0) is 16.9. The molecule has 0 amide bonds. The summed E-state index contributed by atoms with van der Waals surface area (Å²) in [5.74, 6) is 0.996. The van der Waals surface area contributed by atoms with Gasteiger partial charge in [-0.3, -0.25) is 0 Å². The van der Waals surface area contributed by atoms with Gasteiger partial charge >= 0.3 is 0 Å². The van der Waals surface area contributed by atoms with Crippen LogP contribution in [0.15, 0.2) is 30.5 Å². The molecule has 0 atom stereocenters. The van der Waals surface area contributed by atoms with E-state index in [9.17, 15) is 0 Å². The largest absolute Gasteiger partial charge is 0.382 e. The van der Waals surface area contributed by atoms with Crippen molar-refractivity contribution < 1.29 is 0 Å². The van der Waals surface area contributed by atoms with Gasteiger partial charge in [-0.2, -0.15) is 0 Å². The van der Waals surface area contributed by atoms with Crippen LogP contribution in [-0.2, 0) is 0 Å². The van der Waals surface area contributed by atoms with Gasteiger partial charge in [-0.05, 0) is 31.3 Å². The molecule has 2 heterocycles. The van der Waals surface area contributed by atoms with Gasteiger partial charge in [0.1, 0.15) is 5.82 Å². The number of hydrogen-bond donors (Lipinski definition) is 2. The second kappa shape index (κ2) is 7.15. The fraction of sp³-hybridized carbons (Fsp3) is 0.353. The van der Waals surface area contributed by atoms with E-state index in [1.54, 1.807) is 7.05 Å². The second-order valence-corrected chi connectivity index (χ2v) is 5.75. The smallest absolute Gasteiger partial charge is 0.246 e. The second-order valence-electron chi connectivity index (χ2n) is 5.75. The predicted molar refractivity (Wildman–Crippen MR) is 97.3 cm³/mol. The van der Waals surface area contributed by atoms with Crippen LogP contribution in [0.5, 0.6) is 0 Å². The quantitative estimate of drug-likeness (QED) is 0.843. The highest BCUT2D eigenvalue weighted by Crippen LogP contribution is 2.25. The fourth-order valence-electron chi connectivity index (χ4n) is 2.65. The van der Waals surface area contributed by atoms with Crippen molar-refractivity contribution in [2.24, 2.45) is 0 Å². The molecule has 3 rings (SSSR count). The van der Waals surface area contributed by atoms with Gasteiger partial charge < -0.3 is 20.4 Å². The van der Waals surface area contributed by atoms with Gasteiger partial charge in [0, 0.05) is 50.8 Å². The highest BCUT2D eigenvalue weighted by Gasteiger charge is 2.14. The number of nitrogens with zero attached hydrogens (tertiary/aromatic N) is 5. The number of benzene rings is 1. The normalized spacial score (nSPS) is 15.0. The monoisotopic (exact) mass is 323 g/mol. The molecule has 24 heavy (non-hydrogen) atoms. The number of likely N-dealkylation sites (N-methyl/N-ethyl adjacent to an activating group) is 1. The van der Waals surface area contributed by atoms with Gasteiger partial charge in [0.2, 0.25) is 11.6 Å². The van der Waals surface area contributed by atoms with Gasteiger partial charge in [0.25, 0.3) is 0 Å². The van der Waals surface area contributed by atoms with E-state index in [1.165, 1.54) is 11.9 Å². The van der Waals surface area contributed by atoms with Crippen molar-refractivity contribution in [3.63, 3.8) is 0 Å². The molecule has 0 unspecified atom stereocenters. The molecule has 0 radical (unpaired) electrons. The van der Waals surface area contributed by atoms with E-state index in [2.05, 4.69) is 54.4 Å². The Bertz CT molecular complexity index is 728. The third-order valence-corrected chi connectivity index (χ3v) is 4.12. The molecule has 1 aliphatic rings. The lowest BCUT2D eigenvalue weighted by molar-refractivity contribution is 0.313. The van der Waals surface area contributed by atoms with Crippen LogP contribution in [0.1, 0.15) is 0 Å². The Labute approximate surface area is 142 Å². The van der Waals surface area contributed by atoms with Crippen LogP contribution in [-0.4, -0.2) is 55.1 Å².